The number of rotatable bonds is 6. The van der Waals surface area contributed by atoms with Gasteiger partial charge >= 0.3 is 0 Å². The van der Waals surface area contributed by atoms with Gasteiger partial charge in [0.05, 0.1) is 6.07 Å². The van der Waals surface area contributed by atoms with E-state index in [1.165, 1.54) is 6.42 Å². The average molecular weight is 197 g/mol. The Labute approximate surface area is 88.1 Å². The minimum atomic E-state index is -0.0605. The van der Waals surface area contributed by atoms with Gasteiger partial charge in [-0.25, -0.2) is 0 Å². The number of hydrogen-bond donors (Lipinski definition) is 1. The highest BCUT2D eigenvalue weighted by atomic mass is 15.1. The van der Waals surface area contributed by atoms with Crippen LogP contribution in [0.25, 0.3) is 0 Å². The Balaban J connectivity index is 3.94. The van der Waals surface area contributed by atoms with Crippen LogP contribution in [0.2, 0.25) is 0 Å². The van der Waals surface area contributed by atoms with Crippen molar-refractivity contribution in [3.8, 4) is 6.07 Å². The molecule has 0 amide bonds. The van der Waals surface area contributed by atoms with Crippen LogP contribution in [0.3, 0.4) is 0 Å². The number of nitrogens with one attached hydrogen (secondary N) is 1. The number of hydrogen-bond acceptors (Lipinski definition) is 3. The van der Waals surface area contributed by atoms with Crippen molar-refractivity contribution < 1.29 is 0 Å². The molecule has 0 heterocycles. The number of nitrogens with zero attached hydrogens (tertiary/aromatic N) is 2. The molecule has 0 saturated carbocycles. The van der Waals surface area contributed by atoms with Gasteiger partial charge in [-0.3, -0.25) is 0 Å². The molecule has 3 nitrogen and oxygen atoms in total. The second-order valence-electron chi connectivity index (χ2n) is 4.39. The third-order valence-electron chi connectivity index (χ3n) is 2.54. The fraction of sp³-hybridized carbons (Fsp3) is 0.909. The molecule has 82 valence electrons. The summed E-state index contributed by atoms with van der Waals surface area (Å²) in [5, 5.41) is 11.8. The van der Waals surface area contributed by atoms with Gasteiger partial charge in [0.15, 0.2) is 0 Å². The summed E-state index contributed by atoms with van der Waals surface area (Å²) in [7, 11) is 3.91. The third-order valence-corrected chi connectivity index (χ3v) is 2.54. The first-order valence-electron chi connectivity index (χ1n) is 5.28. The SMILES string of the molecule is CNC(C#N)CN(C)C(C)CC(C)C. The first kappa shape index (κ1) is 13.4. The summed E-state index contributed by atoms with van der Waals surface area (Å²) < 4.78 is 0. The standard InChI is InChI=1S/C11H23N3/c1-9(2)6-10(3)14(5)8-11(7-12)13-4/h9-11,13H,6,8H2,1-5H3. The topological polar surface area (TPSA) is 39.1 Å². The van der Waals surface area contributed by atoms with Gasteiger partial charge in [-0.1, -0.05) is 13.8 Å². The van der Waals surface area contributed by atoms with Crippen LogP contribution in [0.1, 0.15) is 27.2 Å². The molecule has 0 saturated heterocycles. The van der Waals surface area contributed by atoms with Crippen LogP contribution in [-0.4, -0.2) is 37.6 Å². The van der Waals surface area contributed by atoms with E-state index < -0.39 is 0 Å². The highest BCUT2D eigenvalue weighted by molar-refractivity contribution is 4.91. The lowest BCUT2D eigenvalue weighted by Gasteiger charge is -2.27. The summed E-state index contributed by atoms with van der Waals surface area (Å²) in [6.07, 6.45) is 1.18. The maximum absolute atomic E-state index is 8.80. The summed E-state index contributed by atoms with van der Waals surface area (Å²) in [5.74, 6) is 0.711. The maximum Gasteiger partial charge on any atom is 0.108 e. The van der Waals surface area contributed by atoms with Crippen molar-refractivity contribution in [2.75, 3.05) is 20.6 Å². The van der Waals surface area contributed by atoms with Crippen LogP contribution in [0.5, 0.6) is 0 Å². The normalized spacial score (nSPS) is 15.6. The van der Waals surface area contributed by atoms with Crippen LogP contribution in [0.4, 0.5) is 0 Å². The molecule has 0 aromatic carbocycles. The highest BCUT2D eigenvalue weighted by Gasteiger charge is 2.14. The van der Waals surface area contributed by atoms with E-state index in [0.29, 0.717) is 12.0 Å². The van der Waals surface area contributed by atoms with Crippen molar-refractivity contribution in [2.24, 2.45) is 5.92 Å². The molecule has 14 heavy (non-hydrogen) atoms. The predicted molar refractivity (Wildman–Crippen MR) is 60.0 cm³/mol. The van der Waals surface area contributed by atoms with E-state index in [4.69, 9.17) is 5.26 Å². The van der Waals surface area contributed by atoms with Crippen molar-refractivity contribution in [2.45, 2.75) is 39.3 Å². The molecule has 0 aromatic heterocycles. The van der Waals surface area contributed by atoms with Gasteiger partial charge in [-0.15, -0.1) is 0 Å². The molecule has 0 fully saturated rings. The second kappa shape index (κ2) is 6.80. The van der Waals surface area contributed by atoms with E-state index in [1.54, 1.807) is 0 Å². The molecule has 2 atom stereocenters. The quantitative estimate of drug-likeness (QED) is 0.701. The Morgan fingerprint density at radius 2 is 1.93 bits per heavy atom. The van der Waals surface area contributed by atoms with E-state index in [-0.39, 0.29) is 6.04 Å². The van der Waals surface area contributed by atoms with Gasteiger partial charge in [0.25, 0.3) is 0 Å². The minimum absolute atomic E-state index is 0.0605. The fourth-order valence-electron chi connectivity index (χ4n) is 1.53. The van der Waals surface area contributed by atoms with Gasteiger partial charge in [0.2, 0.25) is 0 Å². The van der Waals surface area contributed by atoms with Crippen LogP contribution in [0, 0.1) is 17.2 Å². The van der Waals surface area contributed by atoms with E-state index in [9.17, 15) is 0 Å². The Hall–Kier alpha value is -0.590. The number of likely N-dealkylation sites (N-methyl/N-ethyl adjacent to an activating group) is 2. The zero-order valence-corrected chi connectivity index (χ0v) is 10.0. The summed E-state index contributed by atoms with van der Waals surface area (Å²) in [5.41, 5.74) is 0. The molecule has 0 spiro atoms. The number of nitriles is 1. The first-order chi connectivity index (χ1) is 6.51. The predicted octanol–water partition coefficient (Wildman–Crippen LogP) is 1.46. The monoisotopic (exact) mass is 197 g/mol. The molecule has 3 heteroatoms. The van der Waals surface area contributed by atoms with Crippen LogP contribution < -0.4 is 5.32 Å². The lowest BCUT2D eigenvalue weighted by atomic mass is 10.0. The molecule has 0 radical (unpaired) electrons. The molecule has 0 aliphatic heterocycles. The van der Waals surface area contributed by atoms with Crippen LogP contribution in [-0.2, 0) is 0 Å². The smallest absolute Gasteiger partial charge is 0.108 e. The van der Waals surface area contributed by atoms with E-state index in [2.05, 4.69) is 44.1 Å². The van der Waals surface area contributed by atoms with E-state index in [0.717, 1.165) is 6.54 Å². The van der Waals surface area contributed by atoms with Crippen molar-refractivity contribution in [3.05, 3.63) is 0 Å². The second-order valence-corrected chi connectivity index (χ2v) is 4.39. The van der Waals surface area contributed by atoms with Crippen LogP contribution in [0.15, 0.2) is 0 Å². The van der Waals surface area contributed by atoms with Gasteiger partial charge in [0.1, 0.15) is 6.04 Å². The van der Waals surface area contributed by atoms with Crippen molar-refractivity contribution in [1.29, 1.82) is 5.26 Å². The highest BCUT2D eigenvalue weighted by Crippen LogP contribution is 2.09. The molecular formula is C11H23N3. The lowest BCUT2D eigenvalue weighted by Crippen LogP contribution is -2.41. The van der Waals surface area contributed by atoms with E-state index >= 15 is 0 Å². The maximum atomic E-state index is 8.80. The largest absolute Gasteiger partial charge is 0.304 e. The summed E-state index contributed by atoms with van der Waals surface area (Å²) in [4.78, 5) is 2.24. The Kier molecular flexibility index (Phi) is 6.52. The molecule has 0 aliphatic rings. The zero-order valence-electron chi connectivity index (χ0n) is 10.0. The van der Waals surface area contributed by atoms with Gasteiger partial charge in [0, 0.05) is 12.6 Å². The Morgan fingerprint density at radius 3 is 2.29 bits per heavy atom. The van der Waals surface area contributed by atoms with Crippen molar-refractivity contribution in [1.82, 2.24) is 10.2 Å². The minimum Gasteiger partial charge on any atom is -0.304 e. The van der Waals surface area contributed by atoms with Gasteiger partial charge < -0.3 is 10.2 Å². The Morgan fingerprint density at radius 1 is 1.36 bits per heavy atom. The lowest BCUT2D eigenvalue weighted by molar-refractivity contribution is 0.219. The van der Waals surface area contributed by atoms with Crippen molar-refractivity contribution >= 4 is 0 Å². The Bertz CT molecular complexity index is 183. The molecule has 0 aromatic rings. The molecule has 0 rings (SSSR count). The summed E-state index contributed by atoms with van der Waals surface area (Å²) >= 11 is 0. The summed E-state index contributed by atoms with van der Waals surface area (Å²) in [6, 6.07) is 2.72. The summed E-state index contributed by atoms with van der Waals surface area (Å²) in [6.45, 7) is 7.46. The first-order valence-corrected chi connectivity index (χ1v) is 5.28. The third kappa shape index (κ3) is 5.21. The van der Waals surface area contributed by atoms with Gasteiger partial charge in [-0.05, 0) is 33.4 Å². The van der Waals surface area contributed by atoms with Crippen molar-refractivity contribution in [3.63, 3.8) is 0 Å². The van der Waals surface area contributed by atoms with Crippen LogP contribution >= 0.6 is 0 Å². The zero-order chi connectivity index (χ0) is 11.1. The van der Waals surface area contributed by atoms with E-state index in [1.807, 2.05) is 7.05 Å². The molecule has 2 unspecified atom stereocenters. The fourth-order valence-corrected chi connectivity index (χ4v) is 1.53. The average Bonchev–Trinajstić information content (AvgIpc) is 2.12. The molecule has 0 aliphatic carbocycles. The molecule has 1 N–H and O–H groups in total. The van der Waals surface area contributed by atoms with Gasteiger partial charge in [-0.2, -0.15) is 5.26 Å². The molecular weight excluding hydrogens is 174 g/mol. The molecule has 0 bridgehead atoms.